The molecule has 6 nitrogen and oxygen atoms in total. The molecule has 1 aliphatic rings. The molecule has 302 valence electrons. The molecule has 0 saturated carbocycles. The first-order valence-electron chi connectivity index (χ1n) is 21.6. The molecule has 6 heteroatoms. The number of rotatable bonds is 7. The minimum atomic E-state index is -0.0767. The van der Waals surface area contributed by atoms with E-state index in [4.69, 9.17) is 29.3 Å². The summed E-state index contributed by atoms with van der Waals surface area (Å²) in [5, 5.41) is 2.14. The zero-order chi connectivity index (χ0) is 42.8. The van der Waals surface area contributed by atoms with Crippen LogP contribution in [0.4, 0.5) is 0 Å². The third-order valence-electron chi connectivity index (χ3n) is 12.6. The zero-order valence-electron chi connectivity index (χ0n) is 35.2. The molecule has 0 saturated heterocycles. The highest BCUT2D eigenvalue weighted by atomic mass is 16.3. The van der Waals surface area contributed by atoms with Crippen LogP contribution in [0.15, 0.2) is 205 Å². The van der Waals surface area contributed by atoms with Gasteiger partial charge in [-0.15, -0.1) is 0 Å². The van der Waals surface area contributed by atoms with Gasteiger partial charge in [0.1, 0.15) is 11.2 Å². The van der Waals surface area contributed by atoms with E-state index in [0.29, 0.717) is 23.3 Å². The van der Waals surface area contributed by atoms with Gasteiger partial charge in [0, 0.05) is 49.6 Å². The molecule has 3 aromatic heterocycles. The minimum absolute atomic E-state index is 0.0767. The molecule has 0 bridgehead atoms. The molecular formula is C58H39N5O. The Labute approximate surface area is 370 Å². The van der Waals surface area contributed by atoms with E-state index < -0.39 is 0 Å². The first kappa shape index (κ1) is 37.4. The number of hydrogen-bond acceptors (Lipinski definition) is 6. The number of nitrogens with zero attached hydrogens (tertiary/aromatic N) is 5. The van der Waals surface area contributed by atoms with Gasteiger partial charge in [-0.25, -0.2) is 24.9 Å². The third kappa shape index (κ3) is 6.47. The monoisotopic (exact) mass is 821 g/mol. The molecule has 0 fully saturated rings. The zero-order valence-corrected chi connectivity index (χ0v) is 35.2. The highest BCUT2D eigenvalue weighted by molar-refractivity contribution is 6.05. The van der Waals surface area contributed by atoms with Gasteiger partial charge >= 0.3 is 0 Å². The summed E-state index contributed by atoms with van der Waals surface area (Å²) < 4.78 is 6.24. The van der Waals surface area contributed by atoms with Crippen LogP contribution in [-0.2, 0) is 5.41 Å². The van der Waals surface area contributed by atoms with E-state index in [2.05, 4.69) is 153 Å². The second kappa shape index (κ2) is 14.9. The van der Waals surface area contributed by atoms with Gasteiger partial charge in [0.15, 0.2) is 23.3 Å². The maximum absolute atomic E-state index is 6.24. The number of hydrogen-bond donors (Lipinski definition) is 0. The average molecular weight is 822 g/mol. The average Bonchev–Trinajstić information content (AvgIpc) is 3.85. The van der Waals surface area contributed by atoms with Crippen molar-refractivity contribution in [2.75, 3.05) is 0 Å². The SMILES string of the molecule is CC1(C)c2ccccc2-c2cc(-c3nc(-c4ccccc4)cc(-c4cccc(-c5ccc(-c6nc(-c7ccccc7)nc(-c7ccc8c(c7)oc7ccccc78)n6)cc5)c4)n3)ccc21. The molecule has 0 radical (unpaired) electrons. The second-order valence-corrected chi connectivity index (χ2v) is 16.9. The van der Waals surface area contributed by atoms with Crippen molar-refractivity contribution in [3.05, 3.63) is 211 Å². The van der Waals surface area contributed by atoms with E-state index >= 15 is 0 Å². The Morgan fingerprint density at radius 1 is 0.312 bits per heavy atom. The fourth-order valence-corrected chi connectivity index (χ4v) is 9.23. The highest BCUT2D eigenvalue weighted by Crippen LogP contribution is 2.49. The van der Waals surface area contributed by atoms with E-state index in [1.165, 1.54) is 22.3 Å². The van der Waals surface area contributed by atoms with Crippen molar-refractivity contribution in [3.8, 4) is 90.3 Å². The van der Waals surface area contributed by atoms with Crippen molar-refractivity contribution >= 4 is 21.9 Å². The van der Waals surface area contributed by atoms with Gasteiger partial charge in [0.2, 0.25) is 0 Å². The normalized spacial score (nSPS) is 12.7. The molecule has 3 heterocycles. The fourth-order valence-electron chi connectivity index (χ4n) is 9.23. The van der Waals surface area contributed by atoms with Crippen molar-refractivity contribution in [1.82, 2.24) is 24.9 Å². The summed E-state index contributed by atoms with van der Waals surface area (Å²) in [6.45, 7) is 4.61. The van der Waals surface area contributed by atoms with E-state index in [0.717, 1.165) is 77.8 Å². The van der Waals surface area contributed by atoms with Crippen LogP contribution < -0.4 is 0 Å². The smallest absolute Gasteiger partial charge is 0.164 e. The summed E-state index contributed by atoms with van der Waals surface area (Å²) in [6.07, 6.45) is 0. The summed E-state index contributed by atoms with van der Waals surface area (Å²) in [5.74, 6) is 2.47. The Morgan fingerprint density at radius 2 is 0.828 bits per heavy atom. The van der Waals surface area contributed by atoms with Crippen LogP contribution >= 0.6 is 0 Å². The van der Waals surface area contributed by atoms with Crippen LogP contribution in [0.3, 0.4) is 0 Å². The molecule has 0 atom stereocenters. The predicted molar refractivity (Wildman–Crippen MR) is 258 cm³/mol. The van der Waals surface area contributed by atoms with Gasteiger partial charge in [0.05, 0.1) is 11.4 Å². The van der Waals surface area contributed by atoms with E-state index in [1.807, 2.05) is 60.7 Å². The summed E-state index contributed by atoms with van der Waals surface area (Å²) in [7, 11) is 0. The molecule has 0 N–H and O–H groups in total. The van der Waals surface area contributed by atoms with Gasteiger partial charge in [0.25, 0.3) is 0 Å². The summed E-state index contributed by atoms with van der Waals surface area (Å²) in [5.41, 5.74) is 16.3. The number of fused-ring (bicyclic) bond motifs is 6. The Morgan fingerprint density at radius 3 is 1.61 bits per heavy atom. The van der Waals surface area contributed by atoms with Crippen molar-refractivity contribution in [2.24, 2.45) is 0 Å². The first-order valence-corrected chi connectivity index (χ1v) is 21.6. The molecule has 0 aliphatic heterocycles. The lowest BCUT2D eigenvalue weighted by atomic mass is 9.82. The molecule has 0 spiro atoms. The van der Waals surface area contributed by atoms with Gasteiger partial charge < -0.3 is 4.42 Å². The fraction of sp³-hybridized carbons (Fsp3) is 0.0517. The Kier molecular flexibility index (Phi) is 8.73. The molecule has 0 amide bonds. The molecule has 12 rings (SSSR count). The van der Waals surface area contributed by atoms with Crippen LogP contribution in [0.1, 0.15) is 25.0 Å². The second-order valence-electron chi connectivity index (χ2n) is 16.9. The largest absolute Gasteiger partial charge is 0.456 e. The molecule has 8 aromatic carbocycles. The Bertz CT molecular complexity index is 3580. The number of furan rings is 1. The molecule has 1 aliphatic carbocycles. The Hall–Kier alpha value is -8.35. The molecule has 11 aromatic rings. The molecule has 64 heavy (non-hydrogen) atoms. The van der Waals surface area contributed by atoms with E-state index in [1.54, 1.807) is 0 Å². The van der Waals surface area contributed by atoms with Crippen molar-refractivity contribution in [3.63, 3.8) is 0 Å². The standard InChI is InChI=1S/C58H39N5O/c1-58(2)48-22-11-9-20-44(48)47-33-42(29-31-49(47)58)56-59-50(37-14-5-3-6-15-37)35-51(60-56)41-19-13-18-40(32-41)36-24-26-39(27-25-36)55-61-54(38-16-7-4-8-17-38)62-57(63-55)43-28-30-46-45-21-10-12-23-52(45)64-53(46)34-43/h3-35H,1-2H3. The van der Waals surface area contributed by atoms with E-state index in [9.17, 15) is 0 Å². The first-order chi connectivity index (χ1) is 31.4. The lowest BCUT2D eigenvalue weighted by Gasteiger charge is -2.21. The van der Waals surface area contributed by atoms with Crippen LogP contribution in [-0.4, -0.2) is 24.9 Å². The van der Waals surface area contributed by atoms with Crippen LogP contribution in [0.25, 0.3) is 112 Å². The minimum Gasteiger partial charge on any atom is -0.456 e. The summed E-state index contributed by atoms with van der Waals surface area (Å²) in [4.78, 5) is 25.4. The highest BCUT2D eigenvalue weighted by Gasteiger charge is 2.35. The van der Waals surface area contributed by atoms with E-state index in [-0.39, 0.29) is 5.41 Å². The van der Waals surface area contributed by atoms with Crippen LogP contribution in [0.2, 0.25) is 0 Å². The van der Waals surface area contributed by atoms with Gasteiger partial charge in [-0.3, -0.25) is 0 Å². The van der Waals surface area contributed by atoms with Gasteiger partial charge in [-0.05, 0) is 69.8 Å². The quantitative estimate of drug-likeness (QED) is 0.159. The number of benzene rings is 8. The van der Waals surface area contributed by atoms with Crippen LogP contribution in [0, 0.1) is 0 Å². The van der Waals surface area contributed by atoms with Crippen molar-refractivity contribution in [2.45, 2.75) is 19.3 Å². The van der Waals surface area contributed by atoms with Crippen molar-refractivity contribution < 1.29 is 4.42 Å². The maximum Gasteiger partial charge on any atom is 0.164 e. The van der Waals surface area contributed by atoms with Crippen molar-refractivity contribution in [1.29, 1.82) is 0 Å². The lowest BCUT2D eigenvalue weighted by molar-refractivity contribution is 0.660. The molecular weight excluding hydrogens is 783 g/mol. The number of aromatic nitrogens is 5. The number of para-hydroxylation sites is 1. The molecule has 0 unspecified atom stereocenters. The third-order valence-corrected chi connectivity index (χ3v) is 12.6. The Balaban J connectivity index is 0.908. The maximum atomic E-state index is 6.24. The lowest BCUT2D eigenvalue weighted by Crippen LogP contribution is -2.14. The van der Waals surface area contributed by atoms with Crippen LogP contribution in [0.5, 0.6) is 0 Å². The predicted octanol–water partition coefficient (Wildman–Crippen LogP) is 14.5. The van der Waals surface area contributed by atoms with Gasteiger partial charge in [-0.1, -0.05) is 178 Å². The topological polar surface area (TPSA) is 77.6 Å². The van der Waals surface area contributed by atoms with Gasteiger partial charge in [-0.2, -0.15) is 0 Å². The summed E-state index contributed by atoms with van der Waals surface area (Å²) >= 11 is 0. The summed E-state index contributed by atoms with van der Waals surface area (Å²) in [6, 6.07) is 69.2.